The number of hydrogen-bond acceptors (Lipinski definition) is 2. The Morgan fingerprint density at radius 3 is 2.38 bits per heavy atom. The van der Waals surface area contributed by atoms with Crippen molar-refractivity contribution >= 4 is 11.6 Å². The lowest BCUT2D eigenvalue weighted by Crippen LogP contribution is -2.12. The molecule has 0 bridgehead atoms. The summed E-state index contributed by atoms with van der Waals surface area (Å²) in [6.07, 6.45) is 0. The van der Waals surface area contributed by atoms with E-state index in [0.29, 0.717) is 5.88 Å². The van der Waals surface area contributed by atoms with Gasteiger partial charge < -0.3 is 9.47 Å². The molecule has 0 fully saturated rings. The molecule has 0 amide bonds. The molecule has 0 saturated carbocycles. The molecule has 0 aliphatic heterocycles. The maximum absolute atomic E-state index is 6.06. The Hall–Kier alpha value is -1.67. The van der Waals surface area contributed by atoms with Crippen molar-refractivity contribution < 1.29 is 9.47 Å². The van der Waals surface area contributed by atoms with Crippen molar-refractivity contribution in [3.8, 4) is 17.2 Å². The summed E-state index contributed by atoms with van der Waals surface area (Å²) in [5.74, 6) is 2.95. The van der Waals surface area contributed by atoms with Crippen LogP contribution in [0.5, 0.6) is 17.2 Å². The fourth-order valence-electron chi connectivity index (χ4n) is 2.13. The Labute approximate surface area is 131 Å². The number of benzene rings is 2. The lowest BCUT2D eigenvalue weighted by Gasteiger charge is -2.23. The summed E-state index contributed by atoms with van der Waals surface area (Å²) in [7, 11) is 1.67. The number of halogens is 1. The molecule has 0 saturated heterocycles. The first-order valence-corrected chi connectivity index (χ1v) is 7.49. The normalized spacial score (nSPS) is 11.3. The molecular formula is C18H21ClO2. The molecule has 2 aromatic carbocycles. The van der Waals surface area contributed by atoms with E-state index >= 15 is 0 Å². The van der Waals surface area contributed by atoms with Crippen LogP contribution in [0.1, 0.15) is 31.9 Å². The summed E-state index contributed by atoms with van der Waals surface area (Å²) in [4.78, 5) is 0. The Morgan fingerprint density at radius 2 is 1.76 bits per heavy atom. The molecule has 0 aliphatic carbocycles. The summed E-state index contributed by atoms with van der Waals surface area (Å²) >= 11 is 5.87. The molecule has 0 unspecified atom stereocenters. The lowest BCUT2D eigenvalue weighted by molar-refractivity contribution is 0.407. The van der Waals surface area contributed by atoms with Crippen LogP contribution in [0.4, 0.5) is 0 Å². The highest BCUT2D eigenvalue weighted by atomic mass is 35.5. The van der Waals surface area contributed by atoms with Crippen molar-refractivity contribution in [1.29, 1.82) is 0 Å². The first-order valence-electron chi connectivity index (χ1n) is 6.95. The molecule has 112 valence electrons. The van der Waals surface area contributed by atoms with Gasteiger partial charge in [-0.1, -0.05) is 32.9 Å². The lowest BCUT2D eigenvalue weighted by atomic mass is 9.86. The van der Waals surface area contributed by atoms with Crippen molar-refractivity contribution in [2.24, 2.45) is 0 Å². The van der Waals surface area contributed by atoms with E-state index in [9.17, 15) is 0 Å². The summed E-state index contributed by atoms with van der Waals surface area (Å²) in [5.41, 5.74) is 2.12. The first kappa shape index (κ1) is 15.7. The average Bonchev–Trinajstić information content (AvgIpc) is 2.46. The molecule has 2 nitrogen and oxygen atoms in total. The van der Waals surface area contributed by atoms with Crippen LogP contribution in [-0.2, 0) is 11.3 Å². The van der Waals surface area contributed by atoms with Crippen LogP contribution in [0, 0.1) is 0 Å². The molecule has 0 radical (unpaired) electrons. The predicted octanol–water partition coefficient (Wildman–Crippen LogP) is 5.52. The van der Waals surface area contributed by atoms with Crippen molar-refractivity contribution in [2.75, 3.05) is 7.11 Å². The van der Waals surface area contributed by atoms with Gasteiger partial charge in [0.1, 0.15) is 17.2 Å². The molecule has 0 aromatic heterocycles. The Kier molecular flexibility index (Phi) is 4.79. The fraction of sp³-hybridized carbons (Fsp3) is 0.333. The van der Waals surface area contributed by atoms with Crippen LogP contribution in [0.3, 0.4) is 0 Å². The molecule has 0 spiro atoms. The summed E-state index contributed by atoms with van der Waals surface area (Å²) in [5, 5.41) is 0. The van der Waals surface area contributed by atoms with Gasteiger partial charge in [0.15, 0.2) is 0 Å². The zero-order valence-corrected chi connectivity index (χ0v) is 13.7. The third kappa shape index (κ3) is 3.92. The quantitative estimate of drug-likeness (QED) is 0.692. The van der Waals surface area contributed by atoms with Gasteiger partial charge in [-0.25, -0.2) is 0 Å². The highest BCUT2D eigenvalue weighted by Gasteiger charge is 2.20. The molecule has 0 atom stereocenters. The molecule has 0 aliphatic rings. The number of methoxy groups -OCH3 is 1. The second-order valence-electron chi connectivity index (χ2n) is 6.00. The van der Waals surface area contributed by atoms with Crippen molar-refractivity contribution in [1.82, 2.24) is 0 Å². The smallest absolute Gasteiger partial charge is 0.131 e. The van der Waals surface area contributed by atoms with E-state index in [2.05, 4.69) is 20.8 Å². The third-order valence-electron chi connectivity index (χ3n) is 3.28. The zero-order valence-electron chi connectivity index (χ0n) is 12.9. The van der Waals surface area contributed by atoms with Gasteiger partial charge in [-0.05, 0) is 41.3 Å². The van der Waals surface area contributed by atoms with Crippen molar-refractivity contribution in [3.05, 3.63) is 53.6 Å². The van der Waals surface area contributed by atoms with Crippen LogP contribution in [0.15, 0.2) is 42.5 Å². The van der Waals surface area contributed by atoms with Crippen LogP contribution < -0.4 is 9.47 Å². The maximum Gasteiger partial charge on any atom is 0.131 e. The predicted molar refractivity (Wildman–Crippen MR) is 87.8 cm³/mol. The Morgan fingerprint density at radius 1 is 1.00 bits per heavy atom. The van der Waals surface area contributed by atoms with Crippen LogP contribution in [0.2, 0.25) is 0 Å². The molecule has 21 heavy (non-hydrogen) atoms. The maximum atomic E-state index is 6.06. The highest BCUT2D eigenvalue weighted by molar-refractivity contribution is 6.17. The molecular weight excluding hydrogens is 284 g/mol. The largest absolute Gasteiger partial charge is 0.497 e. The van der Waals surface area contributed by atoms with Crippen molar-refractivity contribution in [3.63, 3.8) is 0 Å². The zero-order chi connectivity index (χ0) is 15.5. The van der Waals surface area contributed by atoms with Gasteiger partial charge in [0.25, 0.3) is 0 Å². The van der Waals surface area contributed by atoms with E-state index in [4.69, 9.17) is 21.1 Å². The summed E-state index contributed by atoms with van der Waals surface area (Å²) in [6, 6.07) is 13.7. The van der Waals surface area contributed by atoms with Crippen LogP contribution in [-0.4, -0.2) is 7.11 Å². The van der Waals surface area contributed by atoms with Gasteiger partial charge in [-0.3, -0.25) is 0 Å². The summed E-state index contributed by atoms with van der Waals surface area (Å²) in [6.45, 7) is 6.47. The van der Waals surface area contributed by atoms with Gasteiger partial charge in [0, 0.05) is 11.4 Å². The van der Waals surface area contributed by atoms with E-state index in [1.165, 1.54) is 0 Å². The Bertz CT molecular complexity index is 615. The van der Waals surface area contributed by atoms with E-state index in [-0.39, 0.29) is 5.41 Å². The topological polar surface area (TPSA) is 18.5 Å². The SMILES string of the molecule is COc1ccc(Oc2cccc(CCl)c2)c(C(C)(C)C)c1. The van der Waals surface area contributed by atoms with E-state index in [1.54, 1.807) is 7.11 Å². The number of alkyl halides is 1. The van der Waals surface area contributed by atoms with Gasteiger partial charge in [-0.15, -0.1) is 11.6 Å². The Balaban J connectivity index is 2.39. The molecule has 0 heterocycles. The second kappa shape index (κ2) is 6.40. The minimum Gasteiger partial charge on any atom is -0.497 e. The minimum absolute atomic E-state index is 0.0338. The first-order chi connectivity index (χ1) is 9.94. The van der Waals surface area contributed by atoms with Crippen LogP contribution in [0.25, 0.3) is 0 Å². The second-order valence-corrected chi connectivity index (χ2v) is 6.26. The molecule has 2 aromatic rings. The highest BCUT2D eigenvalue weighted by Crippen LogP contribution is 2.36. The van der Waals surface area contributed by atoms with Gasteiger partial charge >= 0.3 is 0 Å². The number of rotatable bonds is 4. The molecule has 2 rings (SSSR count). The minimum atomic E-state index is -0.0338. The average molecular weight is 305 g/mol. The van der Waals surface area contributed by atoms with E-state index in [0.717, 1.165) is 28.4 Å². The van der Waals surface area contributed by atoms with Crippen molar-refractivity contribution in [2.45, 2.75) is 32.1 Å². The van der Waals surface area contributed by atoms with Crippen LogP contribution >= 0.6 is 11.6 Å². The number of ether oxygens (including phenoxy) is 2. The number of hydrogen-bond donors (Lipinski definition) is 0. The van der Waals surface area contributed by atoms with Gasteiger partial charge in [0.2, 0.25) is 0 Å². The van der Waals surface area contributed by atoms with E-state index < -0.39 is 0 Å². The third-order valence-corrected chi connectivity index (χ3v) is 3.58. The molecule has 0 N–H and O–H groups in total. The standard InChI is InChI=1S/C18H21ClO2/c1-18(2,3)16-11-14(20-4)8-9-17(16)21-15-7-5-6-13(10-15)12-19/h5-11H,12H2,1-4H3. The monoisotopic (exact) mass is 304 g/mol. The van der Waals surface area contributed by atoms with E-state index in [1.807, 2.05) is 42.5 Å². The van der Waals surface area contributed by atoms with Gasteiger partial charge in [0.05, 0.1) is 7.11 Å². The van der Waals surface area contributed by atoms with Gasteiger partial charge in [-0.2, -0.15) is 0 Å². The molecule has 3 heteroatoms. The fourth-order valence-corrected chi connectivity index (χ4v) is 2.30. The summed E-state index contributed by atoms with van der Waals surface area (Å²) < 4.78 is 11.4.